The molecule has 4 N–H and O–H groups in total. The first-order valence-corrected chi connectivity index (χ1v) is 15.9. The van der Waals surface area contributed by atoms with Gasteiger partial charge in [0.15, 0.2) is 0 Å². The smallest absolute Gasteiger partial charge is 0.408 e. The third-order valence-corrected chi connectivity index (χ3v) is 8.81. The highest BCUT2D eigenvalue weighted by Crippen LogP contribution is 2.45. The Morgan fingerprint density at radius 2 is 1.85 bits per heavy atom. The number of nitrogens with zero attached hydrogens (tertiary/aromatic N) is 1. The quantitative estimate of drug-likeness (QED) is 0.346. The van der Waals surface area contributed by atoms with Crippen molar-refractivity contribution < 1.29 is 32.3 Å². The number of hydrogen-bond acceptors (Lipinski definition) is 7. The van der Waals surface area contributed by atoms with Crippen molar-refractivity contribution in [2.24, 2.45) is 11.8 Å². The molecule has 4 amide bonds. The molecule has 4 aliphatic rings. The minimum Gasteiger partial charge on any atom is -0.444 e. The third-order valence-electron chi connectivity index (χ3n) is 7.81. The van der Waals surface area contributed by atoms with Gasteiger partial charge in [-0.15, -0.1) is 0 Å². The minimum absolute atomic E-state index is 0.267. The summed E-state index contributed by atoms with van der Waals surface area (Å²) in [7, 11) is -4.08. The summed E-state index contributed by atoms with van der Waals surface area (Å²) in [6.07, 6.45) is 9.80. The van der Waals surface area contributed by atoms with Crippen LogP contribution in [0.1, 0.15) is 85.0 Å². The number of fused-ring (bicyclic) bond motifs is 2. The molecular formula is C27H43N5O7S. The number of hydrogen-bond donors (Lipinski definition) is 4. The van der Waals surface area contributed by atoms with Gasteiger partial charge < -0.3 is 20.3 Å². The van der Waals surface area contributed by atoms with Gasteiger partial charge in [-0.05, 0) is 78.1 Å². The van der Waals surface area contributed by atoms with E-state index in [9.17, 15) is 27.6 Å². The molecule has 2 aliphatic heterocycles. The van der Waals surface area contributed by atoms with Gasteiger partial charge in [0.2, 0.25) is 11.8 Å². The molecule has 0 radical (unpaired) electrons. The van der Waals surface area contributed by atoms with Gasteiger partial charge in [0.05, 0.1) is 0 Å². The van der Waals surface area contributed by atoms with Gasteiger partial charge in [-0.2, -0.15) is 13.1 Å². The Kier molecular flexibility index (Phi) is 9.13. The van der Waals surface area contributed by atoms with E-state index in [1.165, 1.54) is 4.90 Å². The lowest BCUT2D eigenvalue weighted by atomic mass is 10.0. The lowest BCUT2D eigenvalue weighted by Gasteiger charge is -2.30. The summed E-state index contributed by atoms with van der Waals surface area (Å²) < 4.78 is 34.9. The molecule has 1 saturated heterocycles. The predicted molar refractivity (Wildman–Crippen MR) is 147 cm³/mol. The van der Waals surface area contributed by atoms with Crippen molar-refractivity contribution in [2.45, 2.75) is 108 Å². The molecular weight excluding hydrogens is 538 g/mol. The average molecular weight is 582 g/mol. The summed E-state index contributed by atoms with van der Waals surface area (Å²) in [5.41, 5.74) is -2.14. The zero-order valence-electron chi connectivity index (χ0n) is 23.7. The normalized spacial score (nSPS) is 30.6. The molecule has 4 rings (SSSR count). The number of allylic oxidation sites excluding steroid dienone is 1. The third kappa shape index (κ3) is 7.96. The molecule has 2 unspecified atom stereocenters. The second-order valence-electron chi connectivity index (χ2n) is 12.5. The highest BCUT2D eigenvalue weighted by molar-refractivity contribution is 7.88. The van der Waals surface area contributed by atoms with Crippen LogP contribution < -0.4 is 20.1 Å². The number of rotatable bonds is 6. The van der Waals surface area contributed by atoms with E-state index < -0.39 is 51.3 Å². The molecule has 2 heterocycles. The molecule has 40 heavy (non-hydrogen) atoms. The van der Waals surface area contributed by atoms with E-state index in [0.717, 1.165) is 32.1 Å². The van der Waals surface area contributed by atoms with Crippen molar-refractivity contribution in [1.82, 2.24) is 25.0 Å². The first-order chi connectivity index (χ1) is 18.8. The number of alkyl carbamates (subject to hydrolysis) is 1. The highest BCUT2D eigenvalue weighted by atomic mass is 32.2. The van der Waals surface area contributed by atoms with Crippen LogP contribution in [0, 0.1) is 11.8 Å². The van der Waals surface area contributed by atoms with Gasteiger partial charge in [-0.25, -0.2) is 9.52 Å². The van der Waals surface area contributed by atoms with Crippen LogP contribution in [0.2, 0.25) is 0 Å². The van der Waals surface area contributed by atoms with Gasteiger partial charge in [-0.1, -0.05) is 25.0 Å². The molecule has 2 aliphatic carbocycles. The minimum atomic E-state index is -4.08. The van der Waals surface area contributed by atoms with Crippen molar-refractivity contribution in [2.75, 3.05) is 13.1 Å². The SMILES string of the molecule is CC(C)(C)OC(=O)N[C@H]1CCCCC/C=C\C2C[C@@]2(C(=O)NS(=O)(=O)NCC2CC2)NC(=O)C2CCCN2C1=O. The van der Waals surface area contributed by atoms with Crippen molar-refractivity contribution in [3.8, 4) is 0 Å². The number of ether oxygens (including phenoxy) is 1. The second kappa shape index (κ2) is 12.1. The summed E-state index contributed by atoms with van der Waals surface area (Å²) in [6.45, 7) is 5.83. The Hall–Kier alpha value is -2.67. The summed E-state index contributed by atoms with van der Waals surface area (Å²) in [5, 5.41) is 5.52. The van der Waals surface area contributed by atoms with Crippen LogP contribution in [0.15, 0.2) is 12.2 Å². The zero-order valence-corrected chi connectivity index (χ0v) is 24.5. The average Bonchev–Trinajstić information content (AvgIpc) is 3.75. The molecule has 224 valence electrons. The standard InChI is InChI=1S/C27H43N5O7S/c1-26(2,3)39-25(36)29-20-11-8-6-4-5-7-10-19-16-27(19,24(35)31-40(37,38)28-17-18-13-14-18)30-22(33)21-12-9-15-32(21)23(20)34/h7,10,18-21,28H,4-6,8-9,11-17H2,1-3H3,(H,29,36)(H,30,33)(H,31,35)/b10-7-/t19?,20-,21?,27+/m0/s1. The highest BCUT2D eigenvalue weighted by Gasteiger charge is 2.61. The van der Waals surface area contributed by atoms with E-state index in [-0.39, 0.29) is 24.8 Å². The first kappa shape index (κ1) is 30.3. The molecule has 0 spiro atoms. The predicted octanol–water partition coefficient (Wildman–Crippen LogP) is 1.63. The molecule has 13 heteroatoms. The van der Waals surface area contributed by atoms with Crippen LogP contribution in [0.4, 0.5) is 4.79 Å². The van der Waals surface area contributed by atoms with Gasteiger partial charge in [0.1, 0.15) is 23.2 Å². The maximum Gasteiger partial charge on any atom is 0.408 e. The summed E-state index contributed by atoms with van der Waals surface area (Å²) in [4.78, 5) is 54.5. The van der Waals surface area contributed by atoms with Crippen LogP contribution in [-0.2, 0) is 29.3 Å². The van der Waals surface area contributed by atoms with E-state index in [1.54, 1.807) is 20.8 Å². The molecule has 4 atom stereocenters. The molecule has 0 aromatic carbocycles. The fourth-order valence-corrected chi connectivity index (χ4v) is 6.30. The van der Waals surface area contributed by atoms with E-state index >= 15 is 0 Å². The van der Waals surface area contributed by atoms with Crippen LogP contribution in [0.25, 0.3) is 0 Å². The number of nitrogens with one attached hydrogen (secondary N) is 4. The largest absolute Gasteiger partial charge is 0.444 e. The van der Waals surface area contributed by atoms with Crippen molar-refractivity contribution in [3.05, 3.63) is 12.2 Å². The maximum atomic E-state index is 13.6. The van der Waals surface area contributed by atoms with Gasteiger partial charge in [-0.3, -0.25) is 14.4 Å². The van der Waals surface area contributed by atoms with Gasteiger partial charge in [0.25, 0.3) is 5.91 Å². The van der Waals surface area contributed by atoms with Crippen molar-refractivity contribution >= 4 is 34.0 Å². The number of amides is 4. The Morgan fingerprint density at radius 3 is 2.55 bits per heavy atom. The topological polar surface area (TPSA) is 163 Å². The van der Waals surface area contributed by atoms with Crippen molar-refractivity contribution in [3.63, 3.8) is 0 Å². The second-order valence-corrected chi connectivity index (χ2v) is 14.0. The molecule has 0 aromatic heterocycles. The van der Waals surface area contributed by atoms with Crippen LogP contribution in [0.5, 0.6) is 0 Å². The van der Waals surface area contributed by atoms with Crippen LogP contribution in [-0.4, -0.2) is 73.4 Å². The fraction of sp³-hybridized carbons (Fsp3) is 0.778. The summed E-state index contributed by atoms with van der Waals surface area (Å²) in [5.74, 6) is -1.73. The van der Waals surface area contributed by atoms with Crippen LogP contribution in [0.3, 0.4) is 0 Å². The Bertz CT molecular complexity index is 1130. The monoisotopic (exact) mass is 581 g/mol. The zero-order chi connectivity index (χ0) is 29.1. The Morgan fingerprint density at radius 1 is 1.10 bits per heavy atom. The summed E-state index contributed by atoms with van der Waals surface area (Å²) in [6, 6.07) is -1.68. The fourth-order valence-electron chi connectivity index (χ4n) is 5.34. The summed E-state index contributed by atoms with van der Waals surface area (Å²) >= 11 is 0. The van der Waals surface area contributed by atoms with Gasteiger partial charge >= 0.3 is 16.3 Å². The van der Waals surface area contributed by atoms with Crippen LogP contribution >= 0.6 is 0 Å². The Balaban J connectivity index is 1.51. The van der Waals surface area contributed by atoms with E-state index in [2.05, 4.69) is 20.1 Å². The number of carbonyl (C=O) groups excluding carboxylic acids is 4. The lowest BCUT2D eigenvalue weighted by Crippen LogP contribution is -2.59. The lowest BCUT2D eigenvalue weighted by molar-refractivity contribution is -0.141. The molecule has 12 nitrogen and oxygen atoms in total. The van der Waals surface area contributed by atoms with E-state index in [1.807, 2.05) is 12.2 Å². The van der Waals surface area contributed by atoms with Crippen molar-refractivity contribution in [1.29, 1.82) is 0 Å². The molecule has 3 fully saturated rings. The molecule has 0 bridgehead atoms. The first-order valence-electron chi connectivity index (χ1n) is 14.4. The van der Waals surface area contributed by atoms with E-state index in [0.29, 0.717) is 38.1 Å². The maximum absolute atomic E-state index is 13.6. The molecule has 2 saturated carbocycles. The molecule has 0 aromatic rings. The van der Waals surface area contributed by atoms with Gasteiger partial charge in [0, 0.05) is 19.0 Å². The van der Waals surface area contributed by atoms with E-state index in [4.69, 9.17) is 4.74 Å². The Labute approximate surface area is 236 Å². The number of carbonyl (C=O) groups is 4.